The predicted octanol–water partition coefficient (Wildman–Crippen LogP) is 3.68. The molecule has 0 unspecified atom stereocenters. The lowest BCUT2D eigenvalue weighted by Crippen LogP contribution is -2.06. The Bertz CT molecular complexity index is 583. The first-order chi connectivity index (χ1) is 10.7. The van der Waals surface area contributed by atoms with Gasteiger partial charge in [0.25, 0.3) is 0 Å². The van der Waals surface area contributed by atoms with Gasteiger partial charge >= 0.3 is 0 Å². The summed E-state index contributed by atoms with van der Waals surface area (Å²) < 4.78 is 16.0. The van der Waals surface area contributed by atoms with Crippen LogP contribution in [0, 0.1) is 6.92 Å². The average molecular weight is 301 g/mol. The number of aryl methyl sites for hydroxylation is 1. The van der Waals surface area contributed by atoms with Crippen molar-refractivity contribution in [3.8, 4) is 17.2 Å². The van der Waals surface area contributed by atoms with Crippen molar-refractivity contribution in [3.63, 3.8) is 0 Å². The molecule has 0 aliphatic rings. The van der Waals surface area contributed by atoms with E-state index in [2.05, 4.69) is 36.5 Å². The van der Waals surface area contributed by atoms with E-state index in [4.69, 9.17) is 14.2 Å². The number of anilines is 1. The van der Waals surface area contributed by atoms with Gasteiger partial charge in [-0.2, -0.15) is 0 Å². The molecule has 0 saturated heterocycles. The summed E-state index contributed by atoms with van der Waals surface area (Å²) in [5, 5.41) is 3.39. The van der Waals surface area contributed by atoms with Crippen LogP contribution in [0.2, 0.25) is 0 Å². The summed E-state index contributed by atoms with van der Waals surface area (Å²) in [6, 6.07) is 12.4. The smallest absolute Gasteiger partial charge is 0.203 e. The molecule has 22 heavy (non-hydrogen) atoms. The molecule has 0 saturated carbocycles. The zero-order chi connectivity index (χ0) is 15.9. The summed E-state index contributed by atoms with van der Waals surface area (Å²) >= 11 is 0. The highest BCUT2D eigenvalue weighted by molar-refractivity contribution is 5.62. The van der Waals surface area contributed by atoms with Crippen molar-refractivity contribution in [2.75, 3.05) is 33.2 Å². The molecule has 0 amide bonds. The predicted molar refractivity (Wildman–Crippen MR) is 89.5 cm³/mol. The Morgan fingerprint density at radius 1 is 0.864 bits per heavy atom. The van der Waals surface area contributed by atoms with Crippen molar-refractivity contribution < 1.29 is 14.2 Å². The van der Waals surface area contributed by atoms with E-state index in [1.54, 1.807) is 21.3 Å². The second-order valence-electron chi connectivity index (χ2n) is 5.08. The van der Waals surface area contributed by atoms with Crippen LogP contribution >= 0.6 is 0 Å². The van der Waals surface area contributed by atoms with Gasteiger partial charge in [0.2, 0.25) is 5.75 Å². The van der Waals surface area contributed by atoms with E-state index in [0.29, 0.717) is 17.2 Å². The van der Waals surface area contributed by atoms with Gasteiger partial charge in [0.05, 0.1) is 21.3 Å². The highest BCUT2D eigenvalue weighted by atomic mass is 16.5. The summed E-state index contributed by atoms with van der Waals surface area (Å²) in [5.41, 5.74) is 3.54. The minimum absolute atomic E-state index is 0.606. The lowest BCUT2D eigenvalue weighted by molar-refractivity contribution is 0.324. The van der Waals surface area contributed by atoms with Crippen molar-refractivity contribution in [1.29, 1.82) is 0 Å². The number of rotatable bonds is 7. The number of hydrogen-bond acceptors (Lipinski definition) is 4. The fourth-order valence-corrected chi connectivity index (χ4v) is 2.29. The van der Waals surface area contributed by atoms with Crippen LogP contribution in [0.5, 0.6) is 17.2 Å². The fraction of sp³-hybridized carbons (Fsp3) is 0.333. The Labute approximate surface area is 132 Å². The maximum absolute atomic E-state index is 5.35. The van der Waals surface area contributed by atoms with Crippen LogP contribution in [-0.2, 0) is 6.42 Å². The zero-order valence-corrected chi connectivity index (χ0v) is 13.6. The molecule has 0 radical (unpaired) electrons. The van der Waals surface area contributed by atoms with E-state index in [1.807, 2.05) is 12.1 Å². The van der Waals surface area contributed by atoms with Crippen molar-refractivity contribution in [3.05, 3.63) is 47.5 Å². The molecule has 2 aromatic rings. The van der Waals surface area contributed by atoms with Crippen LogP contribution in [0.25, 0.3) is 0 Å². The summed E-state index contributed by atoms with van der Waals surface area (Å²) in [5.74, 6) is 1.91. The molecule has 0 aliphatic heterocycles. The molecule has 0 heterocycles. The molecule has 118 valence electrons. The number of hydrogen-bond donors (Lipinski definition) is 1. The Morgan fingerprint density at radius 3 is 1.95 bits per heavy atom. The lowest BCUT2D eigenvalue weighted by Gasteiger charge is -2.15. The van der Waals surface area contributed by atoms with Gasteiger partial charge in [0, 0.05) is 24.4 Å². The first-order valence-corrected chi connectivity index (χ1v) is 7.27. The van der Waals surface area contributed by atoms with Crippen LogP contribution in [0.15, 0.2) is 36.4 Å². The monoisotopic (exact) mass is 301 g/mol. The van der Waals surface area contributed by atoms with Gasteiger partial charge in [-0.25, -0.2) is 0 Å². The van der Waals surface area contributed by atoms with E-state index < -0.39 is 0 Å². The molecule has 0 spiro atoms. The Hall–Kier alpha value is -2.36. The highest BCUT2D eigenvalue weighted by Gasteiger charge is 2.12. The van der Waals surface area contributed by atoms with Gasteiger partial charge in [0.1, 0.15) is 0 Å². The Kier molecular flexibility index (Phi) is 5.53. The van der Waals surface area contributed by atoms with Gasteiger partial charge < -0.3 is 19.5 Å². The van der Waals surface area contributed by atoms with Crippen LogP contribution in [0.3, 0.4) is 0 Å². The number of nitrogens with one attached hydrogen (secondary N) is 1. The zero-order valence-electron chi connectivity index (χ0n) is 13.6. The van der Waals surface area contributed by atoms with Crippen molar-refractivity contribution in [2.24, 2.45) is 0 Å². The molecule has 2 rings (SSSR count). The maximum atomic E-state index is 5.35. The maximum Gasteiger partial charge on any atom is 0.203 e. The van der Waals surface area contributed by atoms with E-state index >= 15 is 0 Å². The standard InChI is InChI=1S/C18H23NO3/c1-13-5-7-14(8-6-13)9-10-19-15-11-16(20-2)18(22-4)17(12-15)21-3/h5-8,11-12,19H,9-10H2,1-4H3. The van der Waals surface area contributed by atoms with Crippen molar-refractivity contribution >= 4 is 5.69 Å². The summed E-state index contributed by atoms with van der Waals surface area (Å²) in [6.07, 6.45) is 0.955. The molecule has 0 atom stereocenters. The third-order valence-corrected chi connectivity index (χ3v) is 3.53. The Balaban J connectivity index is 2.04. The third kappa shape index (κ3) is 3.85. The van der Waals surface area contributed by atoms with E-state index in [9.17, 15) is 0 Å². The fourth-order valence-electron chi connectivity index (χ4n) is 2.29. The minimum atomic E-state index is 0.606. The van der Waals surface area contributed by atoms with E-state index in [1.165, 1.54) is 11.1 Å². The van der Waals surface area contributed by atoms with Gasteiger partial charge in [-0.15, -0.1) is 0 Å². The van der Waals surface area contributed by atoms with E-state index in [-0.39, 0.29) is 0 Å². The molecule has 1 N–H and O–H groups in total. The van der Waals surface area contributed by atoms with Crippen molar-refractivity contribution in [1.82, 2.24) is 0 Å². The molecular weight excluding hydrogens is 278 g/mol. The normalized spacial score (nSPS) is 10.2. The second kappa shape index (κ2) is 7.59. The molecule has 0 aliphatic carbocycles. The highest BCUT2D eigenvalue weighted by Crippen LogP contribution is 2.39. The first kappa shape index (κ1) is 16.0. The second-order valence-corrected chi connectivity index (χ2v) is 5.08. The largest absolute Gasteiger partial charge is 0.493 e. The number of methoxy groups -OCH3 is 3. The topological polar surface area (TPSA) is 39.7 Å². The van der Waals surface area contributed by atoms with Gasteiger partial charge in [0.15, 0.2) is 11.5 Å². The molecule has 0 aromatic heterocycles. The summed E-state index contributed by atoms with van der Waals surface area (Å²) in [7, 11) is 4.84. The summed E-state index contributed by atoms with van der Waals surface area (Å²) in [6.45, 7) is 2.93. The van der Waals surface area contributed by atoms with Gasteiger partial charge in [-0.1, -0.05) is 29.8 Å². The van der Waals surface area contributed by atoms with Crippen LogP contribution in [0.1, 0.15) is 11.1 Å². The molecular formula is C18H23NO3. The molecule has 4 nitrogen and oxygen atoms in total. The lowest BCUT2D eigenvalue weighted by atomic mass is 10.1. The molecule has 2 aromatic carbocycles. The van der Waals surface area contributed by atoms with Gasteiger partial charge in [-0.3, -0.25) is 0 Å². The minimum Gasteiger partial charge on any atom is -0.493 e. The first-order valence-electron chi connectivity index (χ1n) is 7.27. The number of benzene rings is 2. The van der Waals surface area contributed by atoms with Crippen molar-refractivity contribution in [2.45, 2.75) is 13.3 Å². The van der Waals surface area contributed by atoms with E-state index in [0.717, 1.165) is 18.7 Å². The molecule has 0 bridgehead atoms. The SMILES string of the molecule is COc1cc(NCCc2ccc(C)cc2)cc(OC)c1OC. The quantitative estimate of drug-likeness (QED) is 0.847. The van der Waals surface area contributed by atoms with Crippen LogP contribution in [0.4, 0.5) is 5.69 Å². The Morgan fingerprint density at radius 2 is 1.45 bits per heavy atom. The molecule has 4 heteroatoms. The third-order valence-electron chi connectivity index (χ3n) is 3.53. The summed E-state index contributed by atoms with van der Waals surface area (Å²) in [4.78, 5) is 0. The van der Waals surface area contributed by atoms with Crippen LogP contribution < -0.4 is 19.5 Å². The average Bonchev–Trinajstić information content (AvgIpc) is 2.55. The molecule has 0 fully saturated rings. The number of ether oxygens (including phenoxy) is 3. The van der Waals surface area contributed by atoms with Gasteiger partial charge in [-0.05, 0) is 18.9 Å². The van der Waals surface area contributed by atoms with Crippen LogP contribution in [-0.4, -0.2) is 27.9 Å².